The lowest BCUT2D eigenvalue weighted by Crippen LogP contribution is -2.79. The number of carbonyl (C=O) groups is 2. The molecule has 2 heterocycles. The van der Waals surface area contributed by atoms with Crippen LogP contribution >= 0.6 is 0 Å². The van der Waals surface area contributed by atoms with E-state index >= 15 is 0 Å². The predicted octanol–water partition coefficient (Wildman–Crippen LogP) is 5.05. The summed E-state index contributed by atoms with van der Waals surface area (Å²) in [6.45, 7) is 12.3. The van der Waals surface area contributed by atoms with Gasteiger partial charge in [-0.05, 0) is 106 Å². The number of hydrogen-bond acceptors (Lipinski definition) is 6. The van der Waals surface area contributed by atoms with Gasteiger partial charge in [0.2, 0.25) is 0 Å². The molecule has 7 heteroatoms. The fraction of sp³-hybridized carbons (Fsp3) is 0.568. The number of aryl methyl sites for hydroxylation is 2. The van der Waals surface area contributed by atoms with Crippen LogP contribution in [0.2, 0.25) is 0 Å². The fourth-order valence-corrected chi connectivity index (χ4v) is 8.99. The van der Waals surface area contributed by atoms with Crippen molar-refractivity contribution in [2.24, 2.45) is 11.8 Å². The summed E-state index contributed by atoms with van der Waals surface area (Å²) in [7, 11) is 0. The van der Waals surface area contributed by atoms with Crippen LogP contribution in [0.1, 0.15) is 80.7 Å². The molecule has 5 atom stereocenters. The fourth-order valence-electron chi connectivity index (χ4n) is 8.99. The highest BCUT2D eigenvalue weighted by Gasteiger charge is 2.75. The molecule has 3 fully saturated rings. The van der Waals surface area contributed by atoms with Gasteiger partial charge in [0.25, 0.3) is 5.91 Å². The summed E-state index contributed by atoms with van der Waals surface area (Å²) in [4.78, 5) is 31.5. The van der Waals surface area contributed by atoms with E-state index in [0.29, 0.717) is 31.1 Å². The highest BCUT2D eigenvalue weighted by atomic mass is 16.6. The maximum absolute atomic E-state index is 14.1. The first kappa shape index (κ1) is 29.2. The number of benzene rings is 2. The van der Waals surface area contributed by atoms with Crippen molar-refractivity contribution in [3.8, 4) is 23.3 Å². The van der Waals surface area contributed by atoms with E-state index in [1.54, 1.807) is 6.07 Å². The van der Waals surface area contributed by atoms with Crippen molar-refractivity contribution in [3.63, 3.8) is 0 Å². The molecule has 0 unspecified atom stereocenters. The summed E-state index contributed by atoms with van der Waals surface area (Å²) in [5.41, 5.74) is 3.85. The van der Waals surface area contributed by atoms with Gasteiger partial charge in [-0.1, -0.05) is 31.9 Å². The minimum Gasteiger partial charge on any atom is -0.504 e. The van der Waals surface area contributed by atoms with Crippen LogP contribution in [0.25, 0.3) is 0 Å². The highest BCUT2D eigenvalue weighted by molar-refractivity contribution is 5.94. The molecule has 7 nitrogen and oxygen atoms in total. The van der Waals surface area contributed by atoms with E-state index in [-0.39, 0.29) is 35.6 Å². The van der Waals surface area contributed by atoms with Crippen molar-refractivity contribution in [1.29, 1.82) is 0 Å². The zero-order valence-electron chi connectivity index (χ0n) is 26.6. The molecule has 7 rings (SSSR count). The summed E-state index contributed by atoms with van der Waals surface area (Å²) >= 11 is 0. The summed E-state index contributed by atoms with van der Waals surface area (Å²) in [5, 5.41) is 11.1. The van der Waals surface area contributed by atoms with Crippen LogP contribution in [0.4, 0.5) is 0 Å². The van der Waals surface area contributed by atoms with Gasteiger partial charge in [-0.25, -0.2) is 0 Å². The number of nitrogens with zero attached hydrogens (tertiary/aromatic N) is 2. The van der Waals surface area contributed by atoms with Gasteiger partial charge >= 0.3 is 5.97 Å². The Kier molecular flexibility index (Phi) is 7.01. The van der Waals surface area contributed by atoms with Gasteiger partial charge < -0.3 is 19.5 Å². The number of esters is 1. The molecule has 2 saturated carbocycles. The molecule has 0 aromatic heterocycles. The van der Waals surface area contributed by atoms with Crippen molar-refractivity contribution in [2.75, 3.05) is 19.6 Å². The lowest BCUT2D eigenvalue weighted by molar-refractivity contribution is -0.224. The third-order valence-electron chi connectivity index (χ3n) is 11.1. The first-order chi connectivity index (χ1) is 21.0. The number of phenolic OH excluding ortho intramolecular Hbond substituents is 1. The Morgan fingerprint density at radius 3 is 2.64 bits per heavy atom. The smallest absolute Gasteiger partial charge is 0.303 e. The number of ether oxygens (including phenoxy) is 2. The Balaban J connectivity index is 1.33. The maximum atomic E-state index is 14.1. The third-order valence-corrected chi connectivity index (χ3v) is 11.1. The van der Waals surface area contributed by atoms with E-state index in [4.69, 9.17) is 9.47 Å². The predicted molar refractivity (Wildman–Crippen MR) is 167 cm³/mol. The van der Waals surface area contributed by atoms with E-state index in [9.17, 15) is 14.7 Å². The van der Waals surface area contributed by atoms with Gasteiger partial charge in [-0.15, -0.1) is 0 Å². The van der Waals surface area contributed by atoms with Crippen molar-refractivity contribution in [1.82, 2.24) is 9.80 Å². The van der Waals surface area contributed by atoms with Gasteiger partial charge in [0, 0.05) is 37.1 Å². The largest absolute Gasteiger partial charge is 0.504 e. The molecule has 3 aliphatic carbocycles. The molecule has 1 spiro atoms. The standard InChI is InChI=1S/C37H44N2O5/c1-22(2)20-39(32(42)13-10-26-7-6-23(3)24(4)18-26)29-14-15-37(44-25(5)40)31-19-28-11-12-30(41)34-33(28)36(37,35(29)43-34)16-17-38(31)21-27-8-9-27/h6-7,11-12,18,22,27,29,31,35,41H,8-9,14-17,19-21H2,1-5H3/t29-,31+,35-,36-,37+/m0/s1. The van der Waals surface area contributed by atoms with Crippen LogP contribution in [0, 0.1) is 37.5 Å². The molecule has 2 bridgehead atoms. The number of hydrogen-bond donors (Lipinski definition) is 1. The molecule has 2 aromatic carbocycles. The Bertz CT molecular complexity index is 1580. The molecule has 1 saturated heterocycles. The van der Waals surface area contributed by atoms with Crippen LogP contribution in [-0.2, 0) is 26.2 Å². The van der Waals surface area contributed by atoms with Crippen molar-refractivity contribution in [2.45, 2.75) is 102 Å². The molecule has 232 valence electrons. The van der Waals surface area contributed by atoms with Crippen LogP contribution in [0.15, 0.2) is 30.3 Å². The third kappa shape index (κ3) is 4.43. The average molecular weight is 597 g/mol. The molecule has 1 N–H and O–H groups in total. The topological polar surface area (TPSA) is 79.3 Å². The maximum Gasteiger partial charge on any atom is 0.303 e. The molecule has 2 aromatic rings. The number of carbonyl (C=O) groups excluding carboxylic acids is 2. The quantitative estimate of drug-likeness (QED) is 0.372. The number of amides is 1. The van der Waals surface area contributed by atoms with Gasteiger partial charge in [-0.3, -0.25) is 14.5 Å². The summed E-state index contributed by atoms with van der Waals surface area (Å²) in [6, 6.07) is 9.53. The second-order valence-electron chi connectivity index (χ2n) is 14.4. The van der Waals surface area contributed by atoms with E-state index in [1.807, 2.05) is 29.2 Å². The number of aromatic hydroxyl groups is 1. The first-order valence-electron chi connectivity index (χ1n) is 16.4. The van der Waals surface area contributed by atoms with E-state index in [1.165, 1.54) is 25.3 Å². The van der Waals surface area contributed by atoms with Crippen molar-refractivity contribution >= 4 is 11.9 Å². The second kappa shape index (κ2) is 10.5. The minimum absolute atomic E-state index is 0.0228. The highest BCUT2D eigenvalue weighted by Crippen LogP contribution is 2.67. The molecular weight excluding hydrogens is 552 g/mol. The zero-order chi connectivity index (χ0) is 31.0. The molecule has 2 aliphatic heterocycles. The van der Waals surface area contributed by atoms with Crippen LogP contribution in [-0.4, -0.2) is 70.2 Å². The molecule has 44 heavy (non-hydrogen) atoms. The number of likely N-dealkylation sites (tertiary alicyclic amines) is 1. The van der Waals surface area contributed by atoms with Crippen molar-refractivity contribution < 1.29 is 24.2 Å². The van der Waals surface area contributed by atoms with E-state index < -0.39 is 17.1 Å². The lowest BCUT2D eigenvalue weighted by atomic mass is 9.48. The van der Waals surface area contributed by atoms with Gasteiger partial charge in [-0.2, -0.15) is 0 Å². The Morgan fingerprint density at radius 2 is 1.93 bits per heavy atom. The monoisotopic (exact) mass is 596 g/mol. The zero-order valence-corrected chi connectivity index (χ0v) is 26.6. The minimum atomic E-state index is -0.795. The number of phenols is 1. The van der Waals surface area contributed by atoms with Crippen LogP contribution in [0.3, 0.4) is 0 Å². The van der Waals surface area contributed by atoms with Gasteiger partial charge in [0.1, 0.15) is 11.7 Å². The van der Waals surface area contributed by atoms with Gasteiger partial charge in [0.05, 0.1) is 17.5 Å². The molecule has 0 radical (unpaired) electrons. The normalized spacial score (nSPS) is 29.7. The number of rotatable bonds is 6. The van der Waals surface area contributed by atoms with Crippen LogP contribution < -0.4 is 4.74 Å². The second-order valence-corrected chi connectivity index (χ2v) is 14.4. The SMILES string of the molecule is CC(=O)O[C@@]12CC[C@H](N(CC(C)C)C(=O)C#Cc3ccc(C)c(C)c3)[C@@H]3Oc4c(O)ccc5c4[C@@]31CCN(CC1CC1)[C@@H]2C5. The van der Waals surface area contributed by atoms with Crippen LogP contribution in [0.5, 0.6) is 11.5 Å². The van der Waals surface area contributed by atoms with Crippen molar-refractivity contribution in [3.05, 3.63) is 58.1 Å². The lowest BCUT2D eigenvalue weighted by Gasteiger charge is -2.65. The average Bonchev–Trinajstić information content (AvgIpc) is 3.72. The van der Waals surface area contributed by atoms with Gasteiger partial charge in [0.15, 0.2) is 11.5 Å². The van der Waals surface area contributed by atoms with E-state index in [0.717, 1.165) is 48.2 Å². The summed E-state index contributed by atoms with van der Waals surface area (Å²) in [5.74, 6) is 7.12. The summed E-state index contributed by atoms with van der Waals surface area (Å²) in [6.07, 6.45) is 4.80. The molecule has 1 amide bonds. The Labute approximate surface area is 260 Å². The summed E-state index contributed by atoms with van der Waals surface area (Å²) < 4.78 is 13.5. The number of piperidine rings is 1. The Hall–Kier alpha value is -3.50. The molecular formula is C37H44N2O5. The first-order valence-corrected chi connectivity index (χ1v) is 16.4. The molecule has 5 aliphatic rings. The van der Waals surface area contributed by atoms with E-state index in [2.05, 4.69) is 44.4 Å². The Morgan fingerprint density at radius 1 is 1.14 bits per heavy atom.